The van der Waals surface area contributed by atoms with E-state index in [1.165, 1.54) is 5.56 Å². The number of anilines is 1. The van der Waals surface area contributed by atoms with E-state index < -0.39 is 0 Å². The number of nitrogens with zero attached hydrogens (tertiary/aromatic N) is 2. The number of aryl methyl sites for hydroxylation is 1. The number of methoxy groups -OCH3 is 1. The van der Waals surface area contributed by atoms with Gasteiger partial charge in [-0.05, 0) is 45.0 Å². The van der Waals surface area contributed by atoms with Crippen LogP contribution < -0.4 is 10.2 Å². The molecule has 0 aromatic carbocycles. The monoisotopic (exact) mass is 265 g/mol. The first kappa shape index (κ1) is 15.9. The summed E-state index contributed by atoms with van der Waals surface area (Å²) in [6.07, 6.45) is 0. The fourth-order valence-corrected chi connectivity index (χ4v) is 2.27. The Hall–Kier alpha value is -1.13. The lowest BCUT2D eigenvalue weighted by Gasteiger charge is -2.29. The molecule has 1 atom stereocenters. The maximum absolute atomic E-state index is 5.25. The first-order chi connectivity index (χ1) is 9.12. The Morgan fingerprint density at radius 3 is 2.68 bits per heavy atom. The van der Waals surface area contributed by atoms with Gasteiger partial charge in [0.2, 0.25) is 0 Å². The van der Waals surface area contributed by atoms with Gasteiger partial charge in [-0.25, -0.2) is 4.98 Å². The summed E-state index contributed by atoms with van der Waals surface area (Å²) in [7, 11) is 1.74. The minimum Gasteiger partial charge on any atom is -0.383 e. The van der Waals surface area contributed by atoms with Gasteiger partial charge in [-0.1, -0.05) is 6.92 Å². The molecule has 0 aliphatic rings. The molecule has 1 aromatic rings. The van der Waals surface area contributed by atoms with E-state index in [4.69, 9.17) is 4.74 Å². The van der Waals surface area contributed by atoms with Crippen LogP contribution in [-0.4, -0.2) is 37.8 Å². The molecule has 108 valence electrons. The minimum absolute atomic E-state index is 0.330. The number of aromatic nitrogens is 1. The van der Waals surface area contributed by atoms with Crippen LogP contribution in [0, 0.1) is 6.92 Å². The van der Waals surface area contributed by atoms with Gasteiger partial charge in [-0.3, -0.25) is 0 Å². The molecule has 4 heteroatoms. The summed E-state index contributed by atoms with van der Waals surface area (Å²) in [6, 6.07) is 4.64. The molecule has 1 rings (SSSR count). The average molecular weight is 265 g/mol. The molecule has 0 radical (unpaired) electrons. The lowest BCUT2D eigenvalue weighted by atomic mass is 10.2. The first-order valence-corrected chi connectivity index (χ1v) is 7.06. The normalized spacial score (nSPS) is 12.5. The molecule has 0 saturated carbocycles. The molecular formula is C15H27N3O. The molecule has 0 amide bonds. The van der Waals surface area contributed by atoms with Crippen molar-refractivity contribution in [3.05, 3.63) is 23.4 Å². The van der Waals surface area contributed by atoms with Crippen molar-refractivity contribution in [2.45, 2.75) is 40.3 Å². The highest BCUT2D eigenvalue weighted by Crippen LogP contribution is 2.17. The van der Waals surface area contributed by atoms with Gasteiger partial charge < -0.3 is 15.0 Å². The minimum atomic E-state index is 0.330. The fourth-order valence-electron chi connectivity index (χ4n) is 2.27. The molecule has 1 heterocycles. The number of ether oxygens (including phenoxy) is 1. The third kappa shape index (κ3) is 4.80. The van der Waals surface area contributed by atoms with Gasteiger partial charge >= 0.3 is 0 Å². The van der Waals surface area contributed by atoms with E-state index >= 15 is 0 Å². The van der Waals surface area contributed by atoms with Crippen LogP contribution in [0.2, 0.25) is 0 Å². The van der Waals surface area contributed by atoms with Gasteiger partial charge in [0.05, 0.1) is 12.6 Å². The largest absolute Gasteiger partial charge is 0.383 e. The summed E-state index contributed by atoms with van der Waals surface area (Å²) in [5, 5.41) is 3.36. The smallest absolute Gasteiger partial charge is 0.129 e. The number of hydrogen-bond acceptors (Lipinski definition) is 4. The average Bonchev–Trinajstić information content (AvgIpc) is 2.37. The molecule has 19 heavy (non-hydrogen) atoms. The van der Waals surface area contributed by atoms with Gasteiger partial charge in [-0.2, -0.15) is 0 Å². The van der Waals surface area contributed by atoms with Crippen LogP contribution in [0.15, 0.2) is 12.1 Å². The number of rotatable bonds is 8. The molecule has 0 spiro atoms. The quantitative estimate of drug-likeness (QED) is 0.783. The highest BCUT2D eigenvalue weighted by Gasteiger charge is 2.14. The Balaban J connectivity index is 2.92. The summed E-state index contributed by atoms with van der Waals surface area (Å²) >= 11 is 0. The Bertz CT molecular complexity index is 382. The van der Waals surface area contributed by atoms with Crippen LogP contribution in [0.1, 0.15) is 32.0 Å². The number of nitrogens with one attached hydrogen (secondary N) is 1. The number of hydrogen-bond donors (Lipinski definition) is 1. The van der Waals surface area contributed by atoms with E-state index in [-0.39, 0.29) is 0 Å². The standard InChI is InChI=1S/C15H27N3O/c1-6-16-10-14-8-12(3)17-15(9-14)18(7-2)13(4)11-19-5/h8-9,13,16H,6-7,10-11H2,1-5H3. The topological polar surface area (TPSA) is 37.4 Å². The van der Waals surface area contributed by atoms with Crippen molar-refractivity contribution in [3.63, 3.8) is 0 Å². The van der Waals surface area contributed by atoms with Crippen LogP contribution >= 0.6 is 0 Å². The molecule has 0 saturated heterocycles. The zero-order chi connectivity index (χ0) is 14.3. The molecule has 1 unspecified atom stereocenters. The summed E-state index contributed by atoms with van der Waals surface area (Å²) in [5.41, 5.74) is 2.35. The third-order valence-corrected chi connectivity index (χ3v) is 3.15. The van der Waals surface area contributed by atoms with Gasteiger partial charge in [0.25, 0.3) is 0 Å². The molecular weight excluding hydrogens is 238 g/mol. The van der Waals surface area contributed by atoms with Crippen molar-refractivity contribution in [2.75, 3.05) is 31.7 Å². The maximum Gasteiger partial charge on any atom is 0.129 e. The van der Waals surface area contributed by atoms with Crippen LogP contribution in [0.5, 0.6) is 0 Å². The molecule has 4 nitrogen and oxygen atoms in total. The lowest BCUT2D eigenvalue weighted by Crippen LogP contribution is -2.37. The Labute approximate surface area is 117 Å². The number of likely N-dealkylation sites (N-methyl/N-ethyl adjacent to an activating group) is 1. The van der Waals surface area contributed by atoms with E-state index in [0.717, 1.165) is 31.1 Å². The van der Waals surface area contributed by atoms with E-state index in [9.17, 15) is 0 Å². The van der Waals surface area contributed by atoms with Crippen molar-refractivity contribution in [2.24, 2.45) is 0 Å². The summed E-state index contributed by atoms with van der Waals surface area (Å²) in [6.45, 7) is 12.0. The molecule has 0 aliphatic carbocycles. The summed E-state index contributed by atoms with van der Waals surface area (Å²) < 4.78 is 5.25. The Morgan fingerprint density at radius 2 is 2.11 bits per heavy atom. The summed E-state index contributed by atoms with van der Waals surface area (Å²) in [5.74, 6) is 1.04. The van der Waals surface area contributed by atoms with Crippen molar-refractivity contribution in [1.29, 1.82) is 0 Å². The second kappa shape index (κ2) is 8.12. The van der Waals surface area contributed by atoms with Crippen molar-refractivity contribution in [1.82, 2.24) is 10.3 Å². The van der Waals surface area contributed by atoms with E-state index in [1.54, 1.807) is 7.11 Å². The Kier molecular flexibility index (Phi) is 6.81. The number of pyridine rings is 1. The molecule has 0 bridgehead atoms. The van der Waals surface area contributed by atoms with Gasteiger partial charge in [-0.15, -0.1) is 0 Å². The third-order valence-electron chi connectivity index (χ3n) is 3.15. The van der Waals surface area contributed by atoms with Crippen LogP contribution in [-0.2, 0) is 11.3 Å². The van der Waals surface area contributed by atoms with Crippen LogP contribution in [0.25, 0.3) is 0 Å². The van der Waals surface area contributed by atoms with Crippen molar-refractivity contribution in [3.8, 4) is 0 Å². The highest BCUT2D eigenvalue weighted by molar-refractivity contribution is 5.43. The van der Waals surface area contributed by atoms with Gasteiger partial charge in [0, 0.05) is 25.9 Å². The second-order valence-electron chi connectivity index (χ2n) is 4.85. The van der Waals surface area contributed by atoms with Crippen LogP contribution in [0.3, 0.4) is 0 Å². The van der Waals surface area contributed by atoms with E-state index in [1.807, 2.05) is 6.92 Å². The highest BCUT2D eigenvalue weighted by atomic mass is 16.5. The molecule has 0 fully saturated rings. The van der Waals surface area contributed by atoms with Gasteiger partial charge in [0.1, 0.15) is 5.82 Å². The zero-order valence-corrected chi connectivity index (χ0v) is 12.9. The van der Waals surface area contributed by atoms with E-state index in [2.05, 4.69) is 48.1 Å². The first-order valence-electron chi connectivity index (χ1n) is 7.06. The molecule has 1 aromatic heterocycles. The SMILES string of the molecule is CCNCc1cc(C)nc(N(CC)C(C)COC)c1. The zero-order valence-electron chi connectivity index (χ0n) is 12.9. The Morgan fingerprint density at radius 1 is 1.37 bits per heavy atom. The second-order valence-corrected chi connectivity index (χ2v) is 4.85. The van der Waals surface area contributed by atoms with Crippen LogP contribution in [0.4, 0.5) is 5.82 Å². The predicted molar refractivity (Wildman–Crippen MR) is 80.7 cm³/mol. The van der Waals surface area contributed by atoms with Crippen molar-refractivity contribution >= 4 is 5.82 Å². The molecule has 0 aliphatic heterocycles. The summed E-state index contributed by atoms with van der Waals surface area (Å²) in [4.78, 5) is 6.94. The van der Waals surface area contributed by atoms with Gasteiger partial charge in [0.15, 0.2) is 0 Å². The maximum atomic E-state index is 5.25. The fraction of sp³-hybridized carbons (Fsp3) is 0.667. The lowest BCUT2D eigenvalue weighted by molar-refractivity contribution is 0.181. The predicted octanol–water partition coefficient (Wildman–Crippen LogP) is 2.36. The van der Waals surface area contributed by atoms with Crippen molar-refractivity contribution < 1.29 is 4.74 Å². The molecule has 1 N–H and O–H groups in total. The van der Waals surface area contributed by atoms with E-state index in [0.29, 0.717) is 12.6 Å².